The minimum atomic E-state index is 0.0634. The first kappa shape index (κ1) is 11.4. The van der Waals surface area contributed by atoms with E-state index >= 15 is 0 Å². The van der Waals surface area contributed by atoms with Gasteiger partial charge in [-0.25, -0.2) is 0 Å². The molecular formula is C12H18N2O2. The van der Waals surface area contributed by atoms with Gasteiger partial charge < -0.3 is 14.6 Å². The van der Waals surface area contributed by atoms with Gasteiger partial charge in [0, 0.05) is 38.5 Å². The molecule has 0 aromatic carbocycles. The van der Waals surface area contributed by atoms with Gasteiger partial charge in [0.2, 0.25) is 0 Å². The van der Waals surface area contributed by atoms with Crippen LogP contribution in [0.15, 0.2) is 29.2 Å². The van der Waals surface area contributed by atoms with E-state index in [0.717, 1.165) is 39.3 Å². The van der Waals surface area contributed by atoms with Crippen molar-refractivity contribution in [3.8, 4) is 0 Å². The summed E-state index contributed by atoms with van der Waals surface area (Å²) >= 11 is 0. The van der Waals surface area contributed by atoms with Crippen molar-refractivity contribution in [2.45, 2.75) is 13.0 Å². The molecule has 1 saturated heterocycles. The average molecular weight is 222 g/mol. The Balaban J connectivity index is 1.68. The molecule has 1 aliphatic rings. The standard InChI is InChI=1S/C12H18N2O2/c15-12-3-1-2-6-14(12)7-5-13-9-11-4-8-16-10-11/h1-3,6,11,13H,4-5,7-10H2. The molecule has 0 bridgehead atoms. The second kappa shape index (κ2) is 5.82. The summed E-state index contributed by atoms with van der Waals surface area (Å²) in [6.07, 6.45) is 2.97. The Morgan fingerprint density at radius 3 is 3.19 bits per heavy atom. The molecule has 1 N–H and O–H groups in total. The van der Waals surface area contributed by atoms with Crippen LogP contribution in [-0.2, 0) is 11.3 Å². The van der Waals surface area contributed by atoms with Crippen molar-refractivity contribution in [2.75, 3.05) is 26.3 Å². The first-order valence-corrected chi connectivity index (χ1v) is 5.80. The predicted octanol–water partition coefficient (Wildman–Crippen LogP) is 0.474. The zero-order chi connectivity index (χ0) is 11.2. The van der Waals surface area contributed by atoms with Crippen molar-refractivity contribution in [3.05, 3.63) is 34.7 Å². The third kappa shape index (κ3) is 3.18. The molecule has 1 aromatic rings. The minimum Gasteiger partial charge on any atom is -0.381 e. The third-order valence-corrected chi connectivity index (χ3v) is 2.89. The monoisotopic (exact) mass is 222 g/mol. The first-order valence-electron chi connectivity index (χ1n) is 5.80. The molecule has 1 fully saturated rings. The average Bonchev–Trinajstić information content (AvgIpc) is 2.79. The Kier molecular flexibility index (Phi) is 4.13. The number of nitrogens with zero attached hydrogens (tertiary/aromatic N) is 1. The summed E-state index contributed by atoms with van der Waals surface area (Å²) in [4.78, 5) is 11.4. The molecule has 4 heteroatoms. The number of pyridine rings is 1. The van der Waals surface area contributed by atoms with E-state index in [0.29, 0.717) is 5.92 Å². The second-order valence-corrected chi connectivity index (χ2v) is 4.17. The molecular weight excluding hydrogens is 204 g/mol. The molecule has 4 nitrogen and oxygen atoms in total. The fourth-order valence-electron chi connectivity index (χ4n) is 1.90. The van der Waals surface area contributed by atoms with E-state index in [1.165, 1.54) is 0 Å². The van der Waals surface area contributed by atoms with E-state index in [2.05, 4.69) is 5.32 Å². The number of ether oxygens (including phenoxy) is 1. The van der Waals surface area contributed by atoms with Crippen LogP contribution in [0.2, 0.25) is 0 Å². The molecule has 1 atom stereocenters. The van der Waals surface area contributed by atoms with Crippen LogP contribution in [0.1, 0.15) is 6.42 Å². The summed E-state index contributed by atoms with van der Waals surface area (Å²) in [6, 6.07) is 5.24. The van der Waals surface area contributed by atoms with Gasteiger partial charge >= 0.3 is 0 Å². The van der Waals surface area contributed by atoms with Crippen molar-refractivity contribution in [2.24, 2.45) is 5.92 Å². The summed E-state index contributed by atoms with van der Waals surface area (Å²) in [5.41, 5.74) is 0.0634. The van der Waals surface area contributed by atoms with Crippen molar-refractivity contribution >= 4 is 0 Å². The summed E-state index contributed by atoms with van der Waals surface area (Å²) in [7, 11) is 0. The zero-order valence-corrected chi connectivity index (χ0v) is 9.39. The van der Waals surface area contributed by atoms with Gasteiger partial charge in [-0.2, -0.15) is 0 Å². The topological polar surface area (TPSA) is 43.3 Å². The molecule has 0 spiro atoms. The van der Waals surface area contributed by atoms with Crippen molar-refractivity contribution in [3.63, 3.8) is 0 Å². The lowest BCUT2D eigenvalue weighted by Crippen LogP contribution is -2.29. The highest BCUT2D eigenvalue weighted by molar-refractivity contribution is 4.93. The summed E-state index contributed by atoms with van der Waals surface area (Å²) in [5.74, 6) is 0.646. The van der Waals surface area contributed by atoms with Crippen LogP contribution in [0, 0.1) is 5.92 Å². The van der Waals surface area contributed by atoms with Gasteiger partial charge in [-0.15, -0.1) is 0 Å². The summed E-state index contributed by atoms with van der Waals surface area (Å²) < 4.78 is 7.02. The largest absolute Gasteiger partial charge is 0.381 e. The Labute approximate surface area is 95.2 Å². The van der Waals surface area contributed by atoms with Gasteiger partial charge in [0.15, 0.2) is 0 Å². The van der Waals surface area contributed by atoms with Crippen LogP contribution in [0.3, 0.4) is 0 Å². The maximum atomic E-state index is 11.4. The second-order valence-electron chi connectivity index (χ2n) is 4.17. The van der Waals surface area contributed by atoms with E-state index < -0.39 is 0 Å². The van der Waals surface area contributed by atoms with Gasteiger partial charge in [-0.3, -0.25) is 4.79 Å². The zero-order valence-electron chi connectivity index (χ0n) is 9.39. The van der Waals surface area contributed by atoms with Crippen LogP contribution in [-0.4, -0.2) is 30.9 Å². The molecule has 2 heterocycles. The maximum absolute atomic E-state index is 11.4. The molecule has 0 aliphatic carbocycles. The molecule has 0 radical (unpaired) electrons. The van der Waals surface area contributed by atoms with Crippen LogP contribution >= 0.6 is 0 Å². The number of hydrogen-bond acceptors (Lipinski definition) is 3. The van der Waals surface area contributed by atoms with Crippen LogP contribution in [0.4, 0.5) is 0 Å². The quantitative estimate of drug-likeness (QED) is 0.737. The predicted molar refractivity (Wildman–Crippen MR) is 62.5 cm³/mol. The first-order chi connectivity index (χ1) is 7.86. The Bertz CT molecular complexity index is 369. The molecule has 1 unspecified atom stereocenters. The number of aromatic nitrogens is 1. The summed E-state index contributed by atoms with van der Waals surface area (Å²) in [6.45, 7) is 4.32. The number of hydrogen-bond donors (Lipinski definition) is 1. The highest BCUT2D eigenvalue weighted by Crippen LogP contribution is 2.10. The molecule has 0 saturated carbocycles. The van der Waals surface area contributed by atoms with Crippen molar-refractivity contribution < 1.29 is 4.74 Å². The molecule has 88 valence electrons. The number of rotatable bonds is 5. The fraction of sp³-hybridized carbons (Fsp3) is 0.583. The number of nitrogens with one attached hydrogen (secondary N) is 1. The summed E-state index contributed by atoms with van der Waals surface area (Å²) in [5, 5.41) is 3.36. The van der Waals surface area contributed by atoms with E-state index in [4.69, 9.17) is 4.74 Å². The Morgan fingerprint density at radius 1 is 1.50 bits per heavy atom. The van der Waals surface area contributed by atoms with Gasteiger partial charge in [-0.05, 0) is 18.4 Å². The van der Waals surface area contributed by atoms with Gasteiger partial charge in [0.25, 0.3) is 5.56 Å². The van der Waals surface area contributed by atoms with E-state index in [1.54, 1.807) is 16.7 Å². The van der Waals surface area contributed by atoms with Gasteiger partial charge in [-0.1, -0.05) is 6.07 Å². The lowest BCUT2D eigenvalue weighted by molar-refractivity contribution is 0.185. The van der Waals surface area contributed by atoms with Crippen LogP contribution in [0.25, 0.3) is 0 Å². The Morgan fingerprint density at radius 2 is 2.44 bits per heavy atom. The Hall–Kier alpha value is -1.13. The van der Waals surface area contributed by atoms with Gasteiger partial charge in [0.05, 0.1) is 6.61 Å². The van der Waals surface area contributed by atoms with Crippen molar-refractivity contribution in [1.82, 2.24) is 9.88 Å². The lowest BCUT2D eigenvalue weighted by atomic mass is 10.1. The van der Waals surface area contributed by atoms with E-state index in [-0.39, 0.29) is 5.56 Å². The van der Waals surface area contributed by atoms with Crippen LogP contribution < -0.4 is 10.9 Å². The highest BCUT2D eigenvalue weighted by Gasteiger charge is 2.14. The minimum absolute atomic E-state index is 0.0634. The van der Waals surface area contributed by atoms with E-state index in [9.17, 15) is 4.79 Å². The highest BCUT2D eigenvalue weighted by atomic mass is 16.5. The SMILES string of the molecule is O=c1ccccn1CCNCC1CCOC1. The normalized spacial score (nSPS) is 20.1. The van der Waals surface area contributed by atoms with E-state index in [1.807, 2.05) is 12.3 Å². The maximum Gasteiger partial charge on any atom is 0.250 e. The van der Waals surface area contributed by atoms with Crippen molar-refractivity contribution in [1.29, 1.82) is 0 Å². The molecule has 2 rings (SSSR count). The molecule has 16 heavy (non-hydrogen) atoms. The third-order valence-electron chi connectivity index (χ3n) is 2.89. The molecule has 1 aliphatic heterocycles. The smallest absolute Gasteiger partial charge is 0.250 e. The fourth-order valence-corrected chi connectivity index (χ4v) is 1.90. The molecule has 0 amide bonds. The van der Waals surface area contributed by atoms with Gasteiger partial charge in [0.1, 0.15) is 0 Å². The molecule has 1 aromatic heterocycles. The van der Waals surface area contributed by atoms with Crippen LogP contribution in [0.5, 0.6) is 0 Å². The lowest BCUT2D eigenvalue weighted by Gasteiger charge is -2.10.